The van der Waals surface area contributed by atoms with Gasteiger partial charge in [-0.25, -0.2) is 13.6 Å². The number of benzene rings is 2. The molecule has 2 aromatic carbocycles. The van der Waals surface area contributed by atoms with E-state index in [4.69, 9.17) is 27.0 Å². The molecular weight excluding hydrogens is 716 g/mol. The number of nitrogens with one attached hydrogen (secondary N) is 1. The van der Waals surface area contributed by atoms with Gasteiger partial charge in [0.15, 0.2) is 5.82 Å². The van der Waals surface area contributed by atoms with Gasteiger partial charge in [0.05, 0.1) is 35.9 Å². The first-order valence-corrected chi connectivity index (χ1v) is 18.1. The molecule has 0 aliphatic rings. The molecule has 0 aliphatic heterocycles. The molecule has 0 aliphatic carbocycles. The smallest absolute Gasteiger partial charge is 0.343 e. The number of hydrogen-bond acceptors (Lipinski definition) is 11. The molecule has 11 nitrogen and oxygen atoms in total. The van der Waals surface area contributed by atoms with Crippen LogP contribution in [0, 0.1) is 5.82 Å². The lowest BCUT2D eigenvalue weighted by Crippen LogP contribution is -2.35. The van der Waals surface area contributed by atoms with Crippen LogP contribution in [0.3, 0.4) is 0 Å². The number of nitrogens with zero attached hydrogens (tertiary/aromatic N) is 3. The second-order valence-electron chi connectivity index (χ2n) is 9.18. The van der Waals surface area contributed by atoms with Crippen molar-refractivity contribution < 1.29 is 27.9 Å². The maximum Gasteiger partial charge on any atom is 0.343 e. The van der Waals surface area contributed by atoms with Crippen LogP contribution in [0.15, 0.2) is 85.4 Å². The van der Waals surface area contributed by atoms with Gasteiger partial charge in [-0.05, 0) is 77.4 Å². The minimum Gasteiger partial charge on any atom is -0.492 e. The standard InChI is InChI=1S/C20H26ClN5O4.C6H5F.C4H7F.C4H8.3C2H6.H4N2/c1-5-29-17-7-6-14(10-15(17)21)24-20-19(13(2)3)16(11-23-25-20)26(8-9-28-4)12-18(27)30-22;7-6-4-2-1-3-5-6;1-3-4(2)5;1-3-4-2;4*1-2/h6-7,10-11H,2,5,8-9,12,22H2,1,3-4H3,(H,24,25);1-5H;3H,1-2H3;3-4H,1-2H3;3*1-2H3;1-2H2/b;;4-3+;;;;;. The molecule has 0 radical (unpaired) electrons. The Morgan fingerprint density at radius 2 is 1.54 bits per heavy atom. The second kappa shape index (κ2) is 43.0. The average Bonchev–Trinajstić information content (AvgIpc) is 3.21. The third kappa shape index (κ3) is 30.1. The van der Waals surface area contributed by atoms with Gasteiger partial charge < -0.3 is 24.5 Å². The number of allylic oxidation sites excluding steroid dienone is 5. The number of halogens is 3. The summed E-state index contributed by atoms with van der Waals surface area (Å²) in [5, 5.41) is 12.0. The van der Waals surface area contributed by atoms with Gasteiger partial charge in [0.1, 0.15) is 18.1 Å². The molecule has 0 saturated heterocycles. The average molecular weight is 784 g/mol. The van der Waals surface area contributed by atoms with E-state index < -0.39 is 5.97 Å². The van der Waals surface area contributed by atoms with E-state index in [1.54, 1.807) is 55.5 Å². The predicted octanol–water partition coefficient (Wildman–Crippen LogP) is 10.4. The summed E-state index contributed by atoms with van der Waals surface area (Å²) < 4.78 is 33.8. The third-order valence-electron chi connectivity index (χ3n) is 5.57. The van der Waals surface area contributed by atoms with Crippen molar-refractivity contribution in [2.75, 3.05) is 43.6 Å². The van der Waals surface area contributed by atoms with E-state index in [1.807, 2.05) is 87.5 Å². The van der Waals surface area contributed by atoms with Gasteiger partial charge in [0, 0.05) is 24.9 Å². The van der Waals surface area contributed by atoms with Gasteiger partial charge in [-0.2, -0.15) is 11.0 Å². The highest BCUT2D eigenvalue weighted by molar-refractivity contribution is 6.32. The quantitative estimate of drug-likeness (QED) is 0.0831. The minimum atomic E-state index is -0.594. The summed E-state index contributed by atoms with van der Waals surface area (Å²) >= 11 is 6.28. The van der Waals surface area contributed by atoms with Gasteiger partial charge in [-0.15, -0.1) is 5.10 Å². The van der Waals surface area contributed by atoms with Crippen LogP contribution < -0.4 is 32.5 Å². The summed E-state index contributed by atoms with van der Waals surface area (Å²) in [5.41, 5.74) is 2.75. The van der Waals surface area contributed by atoms with E-state index in [-0.39, 0.29) is 18.2 Å². The van der Waals surface area contributed by atoms with Crippen molar-refractivity contribution in [3.8, 4) is 5.75 Å². The lowest BCUT2D eigenvalue weighted by molar-refractivity contribution is -0.142. The number of methoxy groups -OCH3 is 1. The van der Waals surface area contributed by atoms with Crippen molar-refractivity contribution in [2.24, 2.45) is 17.6 Å². The van der Waals surface area contributed by atoms with Crippen LogP contribution in [-0.2, 0) is 14.4 Å². The van der Waals surface area contributed by atoms with Crippen LogP contribution in [0.25, 0.3) is 5.57 Å². The number of aromatic nitrogens is 2. The molecule has 1 heterocycles. The van der Waals surface area contributed by atoms with Crippen molar-refractivity contribution in [2.45, 2.75) is 83.1 Å². The molecule has 14 heteroatoms. The monoisotopic (exact) mass is 783 g/mol. The molecular formula is C40H68ClF2N7O4. The molecule has 0 bridgehead atoms. The first kappa shape index (κ1) is 58.9. The molecule has 0 amide bonds. The Hall–Kier alpha value is -4.40. The molecule has 0 atom stereocenters. The maximum absolute atomic E-state index is 11.9. The number of hydrazine groups is 1. The fraction of sp³-hybridized carbons (Fsp3) is 0.425. The summed E-state index contributed by atoms with van der Waals surface area (Å²) in [6.07, 6.45) is 6.97. The highest BCUT2D eigenvalue weighted by atomic mass is 35.5. The first-order chi connectivity index (χ1) is 26.0. The fourth-order valence-electron chi connectivity index (χ4n) is 3.21. The number of ether oxygens (including phenoxy) is 2. The second-order valence-corrected chi connectivity index (χ2v) is 9.59. The number of rotatable bonds is 11. The summed E-state index contributed by atoms with van der Waals surface area (Å²) in [6, 6.07) is 13.3. The zero-order valence-corrected chi connectivity index (χ0v) is 35.6. The Labute approximate surface area is 329 Å². The van der Waals surface area contributed by atoms with Crippen LogP contribution >= 0.6 is 11.6 Å². The largest absolute Gasteiger partial charge is 0.492 e. The van der Waals surface area contributed by atoms with Crippen LogP contribution in [0.1, 0.15) is 88.6 Å². The van der Waals surface area contributed by atoms with E-state index in [2.05, 4.69) is 38.6 Å². The van der Waals surface area contributed by atoms with Crippen LogP contribution in [-0.4, -0.2) is 49.6 Å². The number of hydrogen-bond donors (Lipinski definition) is 4. The van der Waals surface area contributed by atoms with Gasteiger partial charge >= 0.3 is 5.97 Å². The van der Waals surface area contributed by atoms with E-state index in [1.165, 1.54) is 25.1 Å². The molecule has 0 fully saturated rings. The van der Waals surface area contributed by atoms with Gasteiger partial charge in [0.25, 0.3) is 0 Å². The Kier molecular flexibility index (Phi) is 46.9. The van der Waals surface area contributed by atoms with E-state index in [0.717, 1.165) is 5.57 Å². The number of carbonyl (C=O) groups is 1. The van der Waals surface area contributed by atoms with Crippen LogP contribution in [0.2, 0.25) is 5.02 Å². The molecule has 0 saturated carbocycles. The third-order valence-corrected chi connectivity index (χ3v) is 5.87. The van der Waals surface area contributed by atoms with E-state index >= 15 is 0 Å². The number of nitrogens with two attached hydrogens (primary N) is 3. The number of carbonyl (C=O) groups excluding carboxylic acids is 1. The van der Waals surface area contributed by atoms with E-state index in [9.17, 15) is 13.6 Å². The molecule has 54 heavy (non-hydrogen) atoms. The van der Waals surface area contributed by atoms with Crippen LogP contribution in [0.5, 0.6) is 5.75 Å². The lowest BCUT2D eigenvalue weighted by Gasteiger charge is -2.26. The Balaban J connectivity index is -0.000000271. The van der Waals surface area contributed by atoms with Crippen molar-refractivity contribution in [1.82, 2.24) is 10.2 Å². The lowest BCUT2D eigenvalue weighted by atomic mass is 10.1. The first-order valence-electron chi connectivity index (χ1n) is 17.7. The van der Waals surface area contributed by atoms with E-state index in [0.29, 0.717) is 53.3 Å². The topological polar surface area (TPSA) is 164 Å². The summed E-state index contributed by atoms with van der Waals surface area (Å²) in [5.74, 6) is 13.2. The zero-order valence-electron chi connectivity index (χ0n) is 34.8. The molecule has 0 spiro atoms. The summed E-state index contributed by atoms with van der Waals surface area (Å²) in [7, 11) is 1.58. The SMILES string of the molecule is C/C=C(\C)F.C=C(C)c1c(N(CCOC)CC(=O)ON)cnnc1Nc1ccc(OCC)c(Cl)c1.CC.CC.CC.CC=CC.Fc1ccccc1.NN. The molecule has 308 valence electrons. The van der Waals surface area contributed by atoms with Crippen molar-refractivity contribution >= 4 is 40.3 Å². The maximum atomic E-state index is 11.9. The van der Waals surface area contributed by atoms with Gasteiger partial charge in [-0.1, -0.05) is 96.1 Å². The predicted molar refractivity (Wildman–Crippen MR) is 227 cm³/mol. The van der Waals surface area contributed by atoms with Gasteiger partial charge in [-0.3, -0.25) is 11.7 Å². The Morgan fingerprint density at radius 3 is 1.91 bits per heavy atom. The van der Waals surface area contributed by atoms with Crippen molar-refractivity contribution in [3.63, 3.8) is 0 Å². The highest BCUT2D eigenvalue weighted by Gasteiger charge is 2.20. The Bertz CT molecular complexity index is 1380. The molecule has 1 aromatic heterocycles. The normalized spacial score (nSPS) is 9.20. The molecule has 3 rings (SSSR count). The summed E-state index contributed by atoms with van der Waals surface area (Å²) in [6.45, 7) is 28.1. The fourth-order valence-corrected chi connectivity index (χ4v) is 3.44. The summed E-state index contributed by atoms with van der Waals surface area (Å²) in [4.78, 5) is 17.9. The highest BCUT2D eigenvalue weighted by Crippen LogP contribution is 2.34. The molecule has 0 unspecified atom stereocenters. The van der Waals surface area contributed by atoms with Gasteiger partial charge in [0.2, 0.25) is 0 Å². The Morgan fingerprint density at radius 1 is 1.00 bits per heavy atom. The van der Waals surface area contributed by atoms with Crippen molar-refractivity contribution in [3.05, 3.63) is 102 Å². The van der Waals surface area contributed by atoms with Crippen molar-refractivity contribution in [1.29, 1.82) is 0 Å². The zero-order chi connectivity index (χ0) is 42.9. The van der Waals surface area contributed by atoms with Crippen LogP contribution in [0.4, 0.5) is 26.0 Å². The molecule has 7 N–H and O–H groups in total. The minimum absolute atomic E-state index is 0.0832. The number of anilines is 3. The molecule has 3 aromatic rings.